The summed E-state index contributed by atoms with van der Waals surface area (Å²) in [6.45, 7) is 0. The van der Waals surface area contributed by atoms with Gasteiger partial charge in [0.1, 0.15) is 0 Å². The van der Waals surface area contributed by atoms with Gasteiger partial charge in [-0.05, 0) is 0 Å². The van der Waals surface area contributed by atoms with Crippen molar-refractivity contribution in [2.45, 2.75) is 84.9 Å². The molecule has 0 aliphatic rings. The molecule has 48 heavy (non-hydrogen) atoms. The SMILES string of the molecule is FC(F)(F)C(F)(F)OC(F)(F)C(F)(OC(F)(F)C(F)(OC(F)(F)C(F)(OC(F)(F)C(F)(F)C(F)(F)F)C(F)(F)F)C(F)(F)F)C(F)(F)F. The quantitative estimate of drug-likeness (QED) is 0.185. The number of alkyl halides is 30. The van der Waals surface area contributed by atoms with E-state index in [0.717, 1.165) is 18.9 Å². The molecule has 0 N–H and O–H groups in total. The Labute approximate surface area is 237 Å². The lowest BCUT2D eigenvalue weighted by atomic mass is 10.2. The van der Waals surface area contributed by atoms with Gasteiger partial charge in [-0.25, -0.2) is 4.74 Å². The number of halogens is 30. The van der Waals surface area contributed by atoms with Gasteiger partial charge >= 0.3 is 84.9 Å². The van der Waals surface area contributed by atoms with E-state index in [-0.39, 0.29) is 0 Å². The van der Waals surface area contributed by atoms with Gasteiger partial charge in [-0.1, -0.05) is 0 Å². The molecule has 34 heteroatoms. The topological polar surface area (TPSA) is 36.9 Å². The van der Waals surface area contributed by atoms with Gasteiger partial charge < -0.3 is 0 Å². The van der Waals surface area contributed by atoms with Crippen LogP contribution < -0.4 is 0 Å². The van der Waals surface area contributed by atoms with E-state index < -0.39 is 84.9 Å². The normalized spacial score (nSPS) is 19.9. The first kappa shape index (κ1) is 45.7. The molecule has 290 valence electrons. The third-order valence-electron chi connectivity index (χ3n) is 4.33. The molecular formula is C14F30O4. The van der Waals surface area contributed by atoms with Gasteiger partial charge in [0.2, 0.25) is 0 Å². The van der Waals surface area contributed by atoms with Crippen molar-refractivity contribution in [2.24, 2.45) is 0 Å². The second kappa shape index (κ2) is 11.6. The Kier molecular flexibility index (Phi) is 11.1. The summed E-state index contributed by atoms with van der Waals surface area (Å²) in [4.78, 5) is 0. The van der Waals surface area contributed by atoms with Crippen LogP contribution in [-0.4, -0.2) is 84.9 Å². The lowest BCUT2D eigenvalue weighted by Crippen LogP contribution is -2.72. The van der Waals surface area contributed by atoms with Crippen LogP contribution in [0.4, 0.5) is 132 Å². The lowest BCUT2D eigenvalue weighted by Gasteiger charge is -2.43. The minimum atomic E-state index is -9.23. The van der Waals surface area contributed by atoms with E-state index in [0.29, 0.717) is 0 Å². The fourth-order valence-electron chi connectivity index (χ4n) is 2.02. The van der Waals surface area contributed by atoms with Crippen LogP contribution in [0.5, 0.6) is 0 Å². The molecule has 0 saturated carbocycles. The Hall–Kier alpha value is -2.26. The number of ether oxygens (including phenoxy) is 4. The van der Waals surface area contributed by atoms with E-state index in [2.05, 4.69) is 0 Å². The van der Waals surface area contributed by atoms with E-state index in [9.17, 15) is 132 Å². The predicted molar refractivity (Wildman–Crippen MR) is 75.8 cm³/mol. The van der Waals surface area contributed by atoms with Gasteiger partial charge in [0, 0.05) is 0 Å². The summed E-state index contributed by atoms with van der Waals surface area (Å²) in [6, 6.07) is 0. The summed E-state index contributed by atoms with van der Waals surface area (Å²) in [5, 5.41) is 0. The van der Waals surface area contributed by atoms with E-state index in [4.69, 9.17) is 0 Å². The molecule has 0 saturated heterocycles. The Morgan fingerprint density at radius 3 is 0.583 bits per heavy atom. The Balaban J connectivity index is 7.56. The van der Waals surface area contributed by atoms with Gasteiger partial charge in [0.05, 0.1) is 0 Å². The van der Waals surface area contributed by atoms with Crippen molar-refractivity contribution in [2.75, 3.05) is 0 Å². The third-order valence-corrected chi connectivity index (χ3v) is 4.33. The summed E-state index contributed by atoms with van der Waals surface area (Å²) >= 11 is 0. The molecule has 0 spiro atoms. The average molecular weight is 802 g/mol. The van der Waals surface area contributed by atoms with E-state index in [1.54, 1.807) is 0 Å². The highest BCUT2D eigenvalue weighted by atomic mass is 19.5. The Bertz CT molecular complexity index is 1120. The molecule has 0 bridgehead atoms. The van der Waals surface area contributed by atoms with Crippen molar-refractivity contribution in [3.05, 3.63) is 0 Å². The number of hydrogen-bond acceptors (Lipinski definition) is 4. The second-order valence-corrected chi connectivity index (χ2v) is 7.84. The summed E-state index contributed by atoms with van der Waals surface area (Å²) in [6.07, 6.45) is -85.6. The fraction of sp³-hybridized carbons (Fsp3) is 1.00. The predicted octanol–water partition coefficient (Wildman–Crippen LogP) is 9.46. The Morgan fingerprint density at radius 2 is 0.396 bits per heavy atom. The molecule has 4 nitrogen and oxygen atoms in total. The highest BCUT2D eigenvalue weighted by Gasteiger charge is 2.90. The van der Waals surface area contributed by atoms with Gasteiger partial charge in [-0.3, -0.25) is 14.2 Å². The minimum absolute atomic E-state index is 0.790. The van der Waals surface area contributed by atoms with Gasteiger partial charge in [-0.15, -0.1) is 0 Å². The Morgan fingerprint density at radius 1 is 0.188 bits per heavy atom. The van der Waals surface area contributed by atoms with E-state index in [1.165, 1.54) is 0 Å². The van der Waals surface area contributed by atoms with Crippen LogP contribution in [0.25, 0.3) is 0 Å². The van der Waals surface area contributed by atoms with E-state index in [1.807, 2.05) is 0 Å². The van der Waals surface area contributed by atoms with Crippen LogP contribution in [0.15, 0.2) is 0 Å². The molecule has 0 aromatic rings. The standard InChI is InChI=1S/C14F30O4/c15-1(16,5(20,21)22)10(35,36)45-2(17,6(23,24)25)11(37,38)46-3(18,7(26,27)28)12(39,40)47-4(19,8(29,30)31)13(41,42)48-14(43,44)9(32,33)34. The molecule has 0 fully saturated rings. The first-order valence-corrected chi connectivity index (χ1v) is 9.55. The van der Waals surface area contributed by atoms with Crippen LogP contribution >= 0.6 is 0 Å². The first-order valence-electron chi connectivity index (χ1n) is 9.55. The minimum Gasteiger partial charge on any atom is -0.263 e. The van der Waals surface area contributed by atoms with Crippen molar-refractivity contribution >= 4 is 0 Å². The number of hydrogen-bond donors (Lipinski definition) is 0. The van der Waals surface area contributed by atoms with Crippen LogP contribution in [0.1, 0.15) is 0 Å². The molecule has 0 radical (unpaired) electrons. The zero-order valence-electron chi connectivity index (χ0n) is 20.0. The maximum atomic E-state index is 14.2. The molecule has 0 heterocycles. The monoisotopic (exact) mass is 802 g/mol. The van der Waals surface area contributed by atoms with Crippen LogP contribution in [0, 0.1) is 0 Å². The summed E-state index contributed by atoms with van der Waals surface area (Å²) in [7, 11) is 0. The number of rotatable bonds is 12. The molecular weight excluding hydrogens is 802 g/mol. The molecule has 3 atom stereocenters. The van der Waals surface area contributed by atoms with Crippen LogP contribution in [0.3, 0.4) is 0 Å². The maximum absolute atomic E-state index is 14.2. The zero-order valence-corrected chi connectivity index (χ0v) is 20.0. The molecule has 0 aliphatic heterocycles. The van der Waals surface area contributed by atoms with Crippen molar-refractivity contribution in [1.82, 2.24) is 0 Å². The fourth-order valence-corrected chi connectivity index (χ4v) is 2.02. The molecule has 3 unspecified atom stereocenters. The van der Waals surface area contributed by atoms with E-state index >= 15 is 0 Å². The third kappa shape index (κ3) is 7.57. The lowest BCUT2D eigenvalue weighted by molar-refractivity contribution is -0.595. The average Bonchev–Trinajstić information content (AvgIpc) is 2.73. The largest absolute Gasteiger partial charge is 0.483 e. The highest BCUT2D eigenvalue weighted by Crippen LogP contribution is 2.61. The van der Waals surface area contributed by atoms with Gasteiger partial charge in [0.15, 0.2) is 0 Å². The summed E-state index contributed by atoms with van der Waals surface area (Å²) in [5.41, 5.74) is 0. The van der Waals surface area contributed by atoms with Crippen molar-refractivity contribution < 1.29 is 151 Å². The van der Waals surface area contributed by atoms with Gasteiger partial charge in [-0.2, -0.15) is 132 Å². The first-order chi connectivity index (χ1) is 20.1. The van der Waals surface area contributed by atoms with Crippen molar-refractivity contribution in [3.63, 3.8) is 0 Å². The smallest absolute Gasteiger partial charge is 0.263 e. The van der Waals surface area contributed by atoms with Crippen LogP contribution in [-0.2, 0) is 18.9 Å². The highest BCUT2D eigenvalue weighted by molar-refractivity contribution is 4.99. The molecule has 0 amide bonds. The molecule has 0 aromatic heterocycles. The van der Waals surface area contributed by atoms with Crippen molar-refractivity contribution in [3.8, 4) is 0 Å². The summed E-state index contributed by atoms with van der Waals surface area (Å²) in [5.74, 6) is -35.6. The molecule has 0 aliphatic carbocycles. The molecule has 0 aromatic carbocycles. The summed E-state index contributed by atoms with van der Waals surface area (Å²) < 4.78 is 393. The molecule has 0 rings (SSSR count). The second-order valence-electron chi connectivity index (χ2n) is 7.84. The van der Waals surface area contributed by atoms with Crippen molar-refractivity contribution in [1.29, 1.82) is 0 Å². The van der Waals surface area contributed by atoms with Crippen LogP contribution in [0.2, 0.25) is 0 Å². The maximum Gasteiger partial charge on any atom is 0.483 e. The zero-order chi connectivity index (χ0) is 39.8. The van der Waals surface area contributed by atoms with Gasteiger partial charge in [0.25, 0.3) is 0 Å².